The summed E-state index contributed by atoms with van der Waals surface area (Å²) in [6.45, 7) is 2.18. The molecule has 0 bridgehead atoms. The third kappa shape index (κ3) is 2.27. The fourth-order valence-electron chi connectivity index (χ4n) is 3.35. The second-order valence-electron chi connectivity index (χ2n) is 6.03. The number of aliphatic imine (C=N–C) groups is 1. The van der Waals surface area contributed by atoms with Crippen LogP contribution in [-0.4, -0.2) is 23.7 Å². The molecule has 1 aliphatic rings. The Kier molecular flexibility index (Phi) is 3.30. The standard InChI is InChI=1S/C21H19N2/c1-15-18-11-7-6-8-16(18)12-13-19(15)21-22-14-20(23(21)2)17-9-4-3-5-10-17/h3-14,20H,1-2H3/q+1. The molecule has 0 aliphatic carbocycles. The highest BCUT2D eigenvalue weighted by Gasteiger charge is 2.30. The Balaban J connectivity index is 1.84. The number of fused-ring (bicyclic) bond motifs is 1. The van der Waals surface area contributed by atoms with E-state index in [2.05, 4.69) is 79.2 Å². The lowest BCUT2D eigenvalue weighted by Gasteiger charge is -2.09. The van der Waals surface area contributed by atoms with Crippen molar-refractivity contribution in [2.24, 2.45) is 4.99 Å². The number of amidine groups is 1. The Morgan fingerprint density at radius 3 is 2.43 bits per heavy atom. The smallest absolute Gasteiger partial charge is 0.246 e. The SMILES string of the molecule is Cc1c(C2=[N+](C)C(c3ccccc3)C=N2)ccc2ccccc12. The molecule has 0 N–H and O–H groups in total. The quantitative estimate of drug-likeness (QED) is 0.625. The van der Waals surface area contributed by atoms with Gasteiger partial charge in [-0.05, 0) is 34.3 Å². The van der Waals surface area contributed by atoms with Crippen molar-refractivity contribution in [1.82, 2.24) is 0 Å². The molecule has 0 aromatic heterocycles. The van der Waals surface area contributed by atoms with Crippen LogP contribution in [0.3, 0.4) is 0 Å². The molecule has 3 aromatic rings. The molecule has 0 amide bonds. The van der Waals surface area contributed by atoms with E-state index in [4.69, 9.17) is 4.99 Å². The molecule has 0 saturated carbocycles. The van der Waals surface area contributed by atoms with Crippen molar-refractivity contribution in [1.29, 1.82) is 0 Å². The van der Waals surface area contributed by atoms with Crippen LogP contribution in [0, 0.1) is 6.92 Å². The van der Waals surface area contributed by atoms with E-state index in [1.807, 2.05) is 12.3 Å². The van der Waals surface area contributed by atoms with Gasteiger partial charge in [0.1, 0.15) is 0 Å². The summed E-state index contributed by atoms with van der Waals surface area (Å²) in [6, 6.07) is 23.6. The van der Waals surface area contributed by atoms with Gasteiger partial charge in [-0.15, -0.1) is 0 Å². The van der Waals surface area contributed by atoms with Gasteiger partial charge in [-0.25, -0.2) is 4.58 Å². The number of hydrogen-bond donors (Lipinski definition) is 0. The average molecular weight is 299 g/mol. The maximum Gasteiger partial charge on any atom is 0.326 e. The van der Waals surface area contributed by atoms with E-state index >= 15 is 0 Å². The summed E-state index contributed by atoms with van der Waals surface area (Å²) in [5.41, 5.74) is 3.77. The van der Waals surface area contributed by atoms with Crippen molar-refractivity contribution >= 4 is 22.8 Å². The third-order valence-electron chi connectivity index (χ3n) is 4.67. The molecule has 1 atom stereocenters. The monoisotopic (exact) mass is 299 g/mol. The van der Waals surface area contributed by atoms with E-state index in [1.165, 1.54) is 27.5 Å². The van der Waals surface area contributed by atoms with Gasteiger partial charge < -0.3 is 0 Å². The van der Waals surface area contributed by atoms with Crippen molar-refractivity contribution in [2.75, 3.05) is 7.05 Å². The molecule has 112 valence electrons. The van der Waals surface area contributed by atoms with Gasteiger partial charge in [0.05, 0.1) is 12.6 Å². The number of benzene rings is 3. The van der Waals surface area contributed by atoms with Crippen LogP contribution in [0.4, 0.5) is 0 Å². The summed E-state index contributed by atoms with van der Waals surface area (Å²) in [5.74, 6) is 1.04. The van der Waals surface area contributed by atoms with Crippen LogP contribution in [0.2, 0.25) is 0 Å². The van der Waals surface area contributed by atoms with Gasteiger partial charge in [-0.1, -0.05) is 60.7 Å². The summed E-state index contributed by atoms with van der Waals surface area (Å²) in [4.78, 5) is 4.73. The van der Waals surface area contributed by atoms with Gasteiger partial charge in [0.15, 0.2) is 12.3 Å². The number of hydrogen-bond acceptors (Lipinski definition) is 1. The van der Waals surface area contributed by atoms with E-state index in [0.717, 1.165) is 5.84 Å². The van der Waals surface area contributed by atoms with Crippen LogP contribution in [0.25, 0.3) is 10.8 Å². The third-order valence-corrected chi connectivity index (χ3v) is 4.67. The normalized spacial score (nSPS) is 17.2. The second kappa shape index (κ2) is 5.47. The molecule has 23 heavy (non-hydrogen) atoms. The predicted molar refractivity (Wildman–Crippen MR) is 96.7 cm³/mol. The first kappa shape index (κ1) is 13.9. The fourth-order valence-corrected chi connectivity index (χ4v) is 3.35. The Morgan fingerprint density at radius 2 is 1.61 bits per heavy atom. The van der Waals surface area contributed by atoms with Gasteiger partial charge in [0.2, 0.25) is 0 Å². The lowest BCUT2D eigenvalue weighted by Crippen LogP contribution is -2.17. The van der Waals surface area contributed by atoms with Crippen molar-refractivity contribution < 1.29 is 4.58 Å². The summed E-state index contributed by atoms with van der Waals surface area (Å²) >= 11 is 0. The maximum absolute atomic E-state index is 4.73. The topological polar surface area (TPSA) is 15.4 Å². The summed E-state index contributed by atoms with van der Waals surface area (Å²) in [5, 5.41) is 2.57. The van der Waals surface area contributed by atoms with Crippen molar-refractivity contribution in [3.63, 3.8) is 0 Å². The van der Waals surface area contributed by atoms with Gasteiger partial charge >= 0.3 is 5.84 Å². The highest BCUT2D eigenvalue weighted by molar-refractivity contribution is 6.06. The minimum absolute atomic E-state index is 0.206. The number of nitrogens with zero attached hydrogens (tertiary/aromatic N) is 2. The second-order valence-corrected chi connectivity index (χ2v) is 6.03. The minimum Gasteiger partial charge on any atom is -0.246 e. The van der Waals surface area contributed by atoms with Crippen LogP contribution in [0.15, 0.2) is 71.7 Å². The molecular weight excluding hydrogens is 280 g/mol. The molecule has 1 aliphatic heterocycles. The highest BCUT2D eigenvalue weighted by Crippen LogP contribution is 2.26. The molecule has 0 radical (unpaired) electrons. The van der Waals surface area contributed by atoms with E-state index < -0.39 is 0 Å². The van der Waals surface area contributed by atoms with Crippen molar-refractivity contribution in [3.05, 3.63) is 83.4 Å². The first-order valence-corrected chi connectivity index (χ1v) is 7.93. The lowest BCUT2D eigenvalue weighted by atomic mass is 9.99. The first-order chi connectivity index (χ1) is 11.3. The van der Waals surface area contributed by atoms with E-state index in [-0.39, 0.29) is 6.04 Å². The molecule has 2 nitrogen and oxygen atoms in total. The van der Waals surface area contributed by atoms with Gasteiger partial charge in [0.25, 0.3) is 0 Å². The molecule has 4 rings (SSSR count). The highest BCUT2D eigenvalue weighted by atomic mass is 15.1. The average Bonchev–Trinajstić information content (AvgIpc) is 2.98. The van der Waals surface area contributed by atoms with E-state index in [0.29, 0.717) is 0 Å². The molecule has 1 heterocycles. The summed E-state index contributed by atoms with van der Waals surface area (Å²) < 4.78 is 2.26. The van der Waals surface area contributed by atoms with Crippen LogP contribution in [0.1, 0.15) is 22.7 Å². The summed E-state index contributed by atoms with van der Waals surface area (Å²) in [7, 11) is 2.12. The van der Waals surface area contributed by atoms with Crippen LogP contribution < -0.4 is 0 Å². The maximum atomic E-state index is 4.73. The summed E-state index contributed by atoms with van der Waals surface area (Å²) in [6.07, 6.45) is 2.04. The van der Waals surface area contributed by atoms with Gasteiger partial charge in [0, 0.05) is 5.56 Å². The Bertz CT molecular complexity index is 936. The molecule has 0 spiro atoms. The van der Waals surface area contributed by atoms with Crippen LogP contribution in [-0.2, 0) is 0 Å². The van der Waals surface area contributed by atoms with Crippen LogP contribution >= 0.6 is 0 Å². The minimum atomic E-state index is 0.206. The predicted octanol–water partition coefficient (Wildman–Crippen LogP) is 4.36. The molecule has 2 heteroatoms. The molecule has 3 aromatic carbocycles. The van der Waals surface area contributed by atoms with Gasteiger partial charge in [-0.3, -0.25) is 0 Å². The van der Waals surface area contributed by atoms with E-state index in [9.17, 15) is 0 Å². The molecule has 0 fully saturated rings. The van der Waals surface area contributed by atoms with Gasteiger partial charge in [-0.2, -0.15) is 0 Å². The zero-order chi connectivity index (χ0) is 15.8. The van der Waals surface area contributed by atoms with E-state index in [1.54, 1.807) is 0 Å². The number of aryl methyl sites for hydroxylation is 1. The molecular formula is C21H19N2+. The Labute approximate surface area is 136 Å². The fraction of sp³-hybridized carbons (Fsp3) is 0.143. The Hall–Kier alpha value is -2.74. The largest absolute Gasteiger partial charge is 0.326 e. The first-order valence-electron chi connectivity index (χ1n) is 7.93. The zero-order valence-electron chi connectivity index (χ0n) is 13.4. The molecule has 1 unspecified atom stereocenters. The molecule has 0 saturated heterocycles. The number of rotatable bonds is 2. The van der Waals surface area contributed by atoms with Crippen LogP contribution in [0.5, 0.6) is 0 Å². The Morgan fingerprint density at radius 1 is 0.870 bits per heavy atom. The zero-order valence-corrected chi connectivity index (χ0v) is 13.4. The van der Waals surface area contributed by atoms with Crippen molar-refractivity contribution in [3.8, 4) is 0 Å². The lowest BCUT2D eigenvalue weighted by molar-refractivity contribution is -0.520. The van der Waals surface area contributed by atoms with Crippen molar-refractivity contribution in [2.45, 2.75) is 13.0 Å².